The molecule has 122 valence electrons. The molecule has 1 atom stereocenters. The second-order valence-corrected chi connectivity index (χ2v) is 4.84. The van der Waals surface area contributed by atoms with Crippen LogP contribution in [0.1, 0.15) is 17.0 Å². The molecule has 1 unspecified atom stereocenters. The van der Waals surface area contributed by atoms with Crippen molar-refractivity contribution in [2.24, 2.45) is 0 Å². The summed E-state index contributed by atoms with van der Waals surface area (Å²) in [7, 11) is 1.37. The van der Waals surface area contributed by atoms with Crippen LogP contribution in [0.5, 0.6) is 5.75 Å². The molecule has 0 radical (unpaired) electrons. The summed E-state index contributed by atoms with van der Waals surface area (Å²) in [6.07, 6.45) is 0. The highest BCUT2D eigenvalue weighted by Gasteiger charge is 2.30. The summed E-state index contributed by atoms with van der Waals surface area (Å²) >= 11 is 0. The van der Waals surface area contributed by atoms with Crippen molar-refractivity contribution in [1.29, 1.82) is 5.26 Å². The Morgan fingerprint density at radius 2 is 2.00 bits per heavy atom. The summed E-state index contributed by atoms with van der Waals surface area (Å²) < 4.78 is 10.0. The summed E-state index contributed by atoms with van der Waals surface area (Å²) in [6, 6.07) is 14.7. The maximum atomic E-state index is 12.2. The molecule has 0 saturated heterocycles. The summed E-state index contributed by atoms with van der Waals surface area (Å²) in [5.41, 5.74) is 0.366. The van der Waals surface area contributed by atoms with Crippen LogP contribution in [0, 0.1) is 21.4 Å². The highest BCUT2D eigenvalue weighted by molar-refractivity contribution is 5.83. The van der Waals surface area contributed by atoms with Gasteiger partial charge < -0.3 is 9.47 Å². The maximum absolute atomic E-state index is 12.2. The molecule has 2 aromatic rings. The Morgan fingerprint density at radius 1 is 1.29 bits per heavy atom. The predicted octanol–water partition coefficient (Wildman–Crippen LogP) is 2.95. The summed E-state index contributed by atoms with van der Waals surface area (Å²) in [5, 5.41) is 20.5. The van der Waals surface area contributed by atoms with Gasteiger partial charge in [-0.05, 0) is 17.7 Å². The van der Waals surface area contributed by atoms with Crippen molar-refractivity contribution < 1.29 is 19.2 Å². The van der Waals surface area contributed by atoms with Crippen molar-refractivity contribution in [2.75, 3.05) is 7.11 Å². The van der Waals surface area contributed by atoms with Crippen molar-refractivity contribution in [3.8, 4) is 11.8 Å². The molecule has 0 bridgehead atoms. The van der Waals surface area contributed by atoms with E-state index in [1.165, 1.54) is 25.3 Å². The number of benzene rings is 2. The molecule has 0 aliphatic carbocycles. The minimum atomic E-state index is -1.39. The van der Waals surface area contributed by atoms with E-state index in [1.54, 1.807) is 30.3 Å². The predicted molar refractivity (Wildman–Crippen MR) is 84.2 cm³/mol. The number of esters is 1. The zero-order valence-corrected chi connectivity index (χ0v) is 12.8. The van der Waals surface area contributed by atoms with Gasteiger partial charge >= 0.3 is 5.97 Å². The average Bonchev–Trinajstić information content (AvgIpc) is 2.61. The minimum absolute atomic E-state index is 0.0121. The molecule has 0 N–H and O–H groups in total. The van der Waals surface area contributed by atoms with Gasteiger partial charge in [-0.25, -0.2) is 0 Å². The number of nitrogens with zero attached hydrogens (tertiary/aromatic N) is 2. The van der Waals surface area contributed by atoms with Crippen molar-refractivity contribution in [3.05, 3.63) is 69.8 Å². The van der Waals surface area contributed by atoms with E-state index in [1.807, 2.05) is 6.07 Å². The Balaban J connectivity index is 2.23. The van der Waals surface area contributed by atoms with Crippen LogP contribution in [-0.4, -0.2) is 18.0 Å². The average molecular weight is 326 g/mol. The van der Waals surface area contributed by atoms with E-state index in [0.29, 0.717) is 0 Å². The highest BCUT2D eigenvalue weighted by Crippen LogP contribution is 2.31. The Hall–Kier alpha value is -3.40. The number of rotatable bonds is 6. The molecule has 24 heavy (non-hydrogen) atoms. The number of hydrogen-bond donors (Lipinski definition) is 0. The van der Waals surface area contributed by atoms with E-state index >= 15 is 0 Å². The third kappa shape index (κ3) is 3.87. The molecule has 7 heteroatoms. The Kier molecular flexibility index (Phi) is 5.47. The molecule has 0 aromatic heterocycles. The van der Waals surface area contributed by atoms with Crippen LogP contribution in [0.2, 0.25) is 0 Å². The van der Waals surface area contributed by atoms with Crippen LogP contribution in [0.4, 0.5) is 5.69 Å². The molecule has 2 aromatic carbocycles. The second-order valence-electron chi connectivity index (χ2n) is 4.84. The quantitative estimate of drug-likeness (QED) is 0.459. The third-order valence-corrected chi connectivity index (χ3v) is 3.33. The number of ether oxygens (including phenoxy) is 2. The normalized spacial score (nSPS) is 11.2. The molecule has 0 fully saturated rings. The van der Waals surface area contributed by atoms with Crippen molar-refractivity contribution in [1.82, 2.24) is 0 Å². The molecule has 0 aliphatic rings. The van der Waals surface area contributed by atoms with Crippen LogP contribution in [0.3, 0.4) is 0 Å². The lowest BCUT2D eigenvalue weighted by Crippen LogP contribution is -2.16. The zero-order chi connectivity index (χ0) is 17.5. The van der Waals surface area contributed by atoms with Gasteiger partial charge in [0.05, 0.1) is 29.7 Å². The number of carbonyl (C=O) groups is 1. The van der Waals surface area contributed by atoms with Gasteiger partial charge in [-0.1, -0.05) is 30.3 Å². The first-order valence-corrected chi connectivity index (χ1v) is 6.99. The van der Waals surface area contributed by atoms with Gasteiger partial charge in [0.15, 0.2) is 5.92 Å². The fraction of sp³-hybridized carbons (Fsp3) is 0.176. The molecular weight excluding hydrogens is 312 g/mol. The molecule has 0 amide bonds. The first-order chi connectivity index (χ1) is 11.6. The zero-order valence-electron chi connectivity index (χ0n) is 12.8. The first kappa shape index (κ1) is 17.0. The monoisotopic (exact) mass is 326 g/mol. The number of nitro groups is 1. The molecule has 0 saturated carbocycles. The number of nitro benzene ring substituents is 1. The van der Waals surface area contributed by atoms with E-state index in [2.05, 4.69) is 0 Å². The fourth-order valence-corrected chi connectivity index (χ4v) is 2.11. The summed E-state index contributed by atoms with van der Waals surface area (Å²) in [4.78, 5) is 22.7. The summed E-state index contributed by atoms with van der Waals surface area (Å²) in [5.74, 6) is -1.96. The van der Waals surface area contributed by atoms with Crippen molar-refractivity contribution in [3.63, 3.8) is 0 Å². The van der Waals surface area contributed by atoms with E-state index < -0.39 is 16.8 Å². The van der Waals surface area contributed by atoms with Gasteiger partial charge in [-0.15, -0.1) is 0 Å². The van der Waals surface area contributed by atoms with Gasteiger partial charge in [0.1, 0.15) is 12.4 Å². The lowest BCUT2D eigenvalue weighted by molar-refractivity contribution is -0.385. The minimum Gasteiger partial charge on any atom is -0.497 e. The van der Waals surface area contributed by atoms with Gasteiger partial charge in [0, 0.05) is 0 Å². The number of methoxy groups -OCH3 is 1. The van der Waals surface area contributed by atoms with Crippen LogP contribution < -0.4 is 4.74 Å². The van der Waals surface area contributed by atoms with Gasteiger partial charge in [0.25, 0.3) is 5.69 Å². The van der Waals surface area contributed by atoms with E-state index in [9.17, 15) is 20.2 Å². The second kappa shape index (κ2) is 7.74. The van der Waals surface area contributed by atoms with Crippen molar-refractivity contribution >= 4 is 11.7 Å². The number of hydrogen-bond acceptors (Lipinski definition) is 6. The van der Waals surface area contributed by atoms with E-state index in [0.717, 1.165) is 5.56 Å². The van der Waals surface area contributed by atoms with Crippen LogP contribution >= 0.6 is 0 Å². The highest BCUT2D eigenvalue weighted by atomic mass is 16.6. The Labute approximate surface area is 138 Å². The maximum Gasteiger partial charge on any atom is 0.328 e. The number of carbonyl (C=O) groups excluding carboxylic acids is 1. The SMILES string of the molecule is COc1ccc(C(C#N)C(=O)OCc2ccccc2)c([N+](=O)[O-])c1. The first-order valence-electron chi connectivity index (χ1n) is 6.99. The lowest BCUT2D eigenvalue weighted by Gasteiger charge is -2.11. The lowest BCUT2D eigenvalue weighted by atomic mass is 9.98. The van der Waals surface area contributed by atoms with Gasteiger partial charge in [0.2, 0.25) is 0 Å². The van der Waals surface area contributed by atoms with Crippen LogP contribution in [0.25, 0.3) is 0 Å². The van der Waals surface area contributed by atoms with Gasteiger partial charge in [-0.2, -0.15) is 5.26 Å². The molecule has 2 rings (SSSR count). The Bertz CT molecular complexity index is 783. The number of nitriles is 1. The third-order valence-electron chi connectivity index (χ3n) is 3.33. The summed E-state index contributed by atoms with van der Waals surface area (Å²) in [6.45, 7) is -0.0121. The Morgan fingerprint density at radius 3 is 2.58 bits per heavy atom. The molecular formula is C17H14N2O5. The largest absolute Gasteiger partial charge is 0.497 e. The van der Waals surface area contributed by atoms with E-state index in [4.69, 9.17) is 9.47 Å². The van der Waals surface area contributed by atoms with Crippen LogP contribution in [-0.2, 0) is 16.1 Å². The van der Waals surface area contributed by atoms with Crippen LogP contribution in [0.15, 0.2) is 48.5 Å². The van der Waals surface area contributed by atoms with Crippen molar-refractivity contribution in [2.45, 2.75) is 12.5 Å². The molecule has 0 aliphatic heterocycles. The standard InChI is InChI=1S/C17H14N2O5/c1-23-13-7-8-14(16(9-13)19(21)22)15(10-18)17(20)24-11-12-5-3-2-4-6-12/h2-9,15H,11H2,1H3. The molecule has 0 heterocycles. The molecule has 0 spiro atoms. The topological polar surface area (TPSA) is 102 Å². The van der Waals surface area contributed by atoms with Gasteiger partial charge in [-0.3, -0.25) is 14.9 Å². The molecule has 7 nitrogen and oxygen atoms in total. The smallest absolute Gasteiger partial charge is 0.328 e. The fourth-order valence-electron chi connectivity index (χ4n) is 2.11. The van der Waals surface area contributed by atoms with E-state index in [-0.39, 0.29) is 23.6 Å².